The fourth-order valence-corrected chi connectivity index (χ4v) is 1.79. The molecule has 7 heteroatoms. The molecule has 0 bridgehead atoms. The van der Waals surface area contributed by atoms with E-state index in [1.807, 2.05) is 0 Å². The van der Waals surface area contributed by atoms with Crippen LogP contribution in [0.5, 0.6) is 0 Å². The molecular formula is C12H17N3O4. The third-order valence-corrected chi connectivity index (χ3v) is 2.75. The van der Waals surface area contributed by atoms with Crippen LogP contribution >= 0.6 is 0 Å². The van der Waals surface area contributed by atoms with Gasteiger partial charge in [0.2, 0.25) is 0 Å². The Morgan fingerprint density at radius 3 is 2.47 bits per heavy atom. The molecule has 7 nitrogen and oxygen atoms in total. The van der Waals surface area contributed by atoms with Gasteiger partial charge in [-0.25, -0.2) is 14.6 Å². The summed E-state index contributed by atoms with van der Waals surface area (Å²) in [5.41, 5.74) is 5.40. The molecule has 0 saturated carbocycles. The number of carboxylic acids is 2. The number of pyridine rings is 1. The topological polar surface area (TPSA) is 117 Å². The van der Waals surface area contributed by atoms with E-state index in [0.29, 0.717) is 5.82 Å². The molecule has 1 aromatic rings. The number of carbonyl (C=O) groups is 2. The molecule has 1 aromatic heterocycles. The van der Waals surface area contributed by atoms with Gasteiger partial charge in [-0.3, -0.25) is 0 Å². The second-order valence-corrected chi connectivity index (χ2v) is 4.04. The lowest BCUT2D eigenvalue weighted by atomic mass is 10.1. The highest BCUT2D eigenvalue weighted by Crippen LogP contribution is 2.19. The largest absolute Gasteiger partial charge is 0.480 e. The average Bonchev–Trinajstić information content (AvgIpc) is 2.38. The number of nitrogens with zero attached hydrogens (tertiary/aromatic N) is 2. The van der Waals surface area contributed by atoms with Crippen molar-refractivity contribution in [1.29, 1.82) is 0 Å². The van der Waals surface area contributed by atoms with Crippen molar-refractivity contribution >= 4 is 17.8 Å². The summed E-state index contributed by atoms with van der Waals surface area (Å²) in [7, 11) is 0. The molecule has 104 valence electrons. The minimum absolute atomic E-state index is 0.142. The van der Waals surface area contributed by atoms with Crippen LogP contribution in [0.4, 0.5) is 5.82 Å². The number of aromatic nitrogens is 1. The molecule has 0 aliphatic rings. The zero-order valence-electron chi connectivity index (χ0n) is 10.6. The van der Waals surface area contributed by atoms with Crippen LogP contribution in [0, 0.1) is 0 Å². The second kappa shape index (κ2) is 6.69. The molecule has 1 rings (SSSR count). The summed E-state index contributed by atoms with van der Waals surface area (Å²) < 4.78 is 0. The number of aliphatic carboxylic acids is 2. The van der Waals surface area contributed by atoms with Crippen LogP contribution in [0.25, 0.3) is 0 Å². The Labute approximate surface area is 110 Å². The Balaban J connectivity index is 3.17. The maximum Gasteiger partial charge on any atom is 0.326 e. The van der Waals surface area contributed by atoms with Crippen LogP contribution < -0.4 is 10.6 Å². The van der Waals surface area contributed by atoms with Crippen molar-refractivity contribution in [2.45, 2.75) is 25.4 Å². The number of anilines is 1. The van der Waals surface area contributed by atoms with Gasteiger partial charge in [-0.05, 0) is 32.0 Å². The summed E-state index contributed by atoms with van der Waals surface area (Å²) in [6.07, 6.45) is 1.63. The third kappa shape index (κ3) is 3.65. The molecule has 1 unspecified atom stereocenters. The molecule has 19 heavy (non-hydrogen) atoms. The molecule has 0 aromatic carbocycles. The lowest BCUT2D eigenvalue weighted by Crippen LogP contribution is -2.51. The minimum Gasteiger partial charge on any atom is -0.480 e. The average molecular weight is 267 g/mol. The minimum atomic E-state index is -1.12. The monoisotopic (exact) mass is 267 g/mol. The standard InChI is InChI=1S/C12H17N3O4/c1-8(11(16)17)15(9(5-6-13)12(18)19)10-4-2-3-7-14-10/h2-4,7-9H,5-6,13H2,1H3,(H,16,17)(H,18,19)/t8-,9?/m0/s1. The lowest BCUT2D eigenvalue weighted by molar-refractivity contribution is -0.140. The van der Waals surface area contributed by atoms with Crippen molar-refractivity contribution in [3.63, 3.8) is 0 Å². The van der Waals surface area contributed by atoms with Gasteiger partial charge in [0.1, 0.15) is 17.9 Å². The predicted molar refractivity (Wildman–Crippen MR) is 68.9 cm³/mol. The van der Waals surface area contributed by atoms with Crippen molar-refractivity contribution < 1.29 is 19.8 Å². The van der Waals surface area contributed by atoms with E-state index in [-0.39, 0.29) is 13.0 Å². The summed E-state index contributed by atoms with van der Waals surface area (Å²) in [5.74, 6) is -1.93. The van der Waals surface area contributed by atoms with Crippen molar-refractivity contribution in [3.05, 3.63) is 24.4 Å². The number of hydrogen-bond acceptors (Lipinski definition) is 5. The van der Waals surface area contributed by atoms with Gasteiger partial charge in [-0.1, -0.05) is 6.07 Å². The molecule has 0 aliphatic carbocycles. The molecule has 0 saturated heterocycles. The zero-order valence-corrected chi connectivity index (χ0v) is 10.6. The molecule has 0 amide bonds. The highest BCUT2D eigenvalue weighted by atomic mass is 16.4. The van der Waals surface area contributed by atoms with Crippen molar-refractivity contribution in [2.24, 2.45) is 5.73 Å². The summed E-state index contributed by atoms with van der Waals surface area (Å²) in [5, 5.41) is 18.4. The summed E-state index contributed by atoms with van der Waals surface area (Å²) >= 11 is 0. The molecule has 1 heterocycles. The van der Waals surface area contributed by atoms with Crippen LogP contribution in [0.2, 0.25) is 0 Å². The maximum absolute atomic E-state index is 11.3. The van der Waals surface area contributed by atoms with E-state index in [1.165, 1.54) is 18.0 Å². The van der Waals surface area contributed by atoms with Crippen molar-refractivity contribution in [2.75, 3.05) is 11.4 Å². The van der Waals surface area contributed by atoms with E-state index in [4.69, 9.17) is 10.8 Å². The number of hydrogen-bond donors (Lipinski definition) is 3. The third-order valence-electron chi connectivity index (χ3n) is 2.75. The number of carboxylic acid groups (broad SMARTS) is 2. The van der Waals surface area contributed by atoms with Gasteiger partial charge < -0.3 is 20.8 Å². The van der Waals surface area contributed by atoms with Crippen molar-refractivity contribution in [1.82, 2.24) is 4.98 Å². The highest BCUT2D eigenvalue weighted by molar-refractivity contribution is 5.83. The highest BCUT2D eigenvalue weighted by Gasteiger charge is 2.33. The van der Waals surface area contributed by atoms with Crippen molar-refractivity contribution in [3.8, 4) is 0 Å². The Bertz CT molecular complexity index is 438. The molecular weight excluding hydrogens is 250 g/mol. The van der Waals surface area contributed by atoms with Crippen LogP contribution in [-0.4, -0.2) is 45.8 Å². The Hall–Kier alpha value is -2.15. The molecule has 0 spiro atoms. The summed E-state index contributed by atoms with van der Waals surface area (Å²) in [6, 6.07) is 2.89. The summed E-state index contributed by atoms with van der Waals surface area (Å²) in [4.78, 5) is 27.8. The number of nitrogens with two attached hydrogens (primary N) is 1. The van der Waals surface area contributed by atoms with Crippen LogP contribution in [0.15, 0.2) is 24.4 Å². The van der Waals surface area contributed by atoms with Gasteiger partial charge in [0.05, 0.1) is 0 Å². The first-order valence-corrected chi connectivity index (χ1v) is 5.84. The lowest BCUT2D eigenvalue weighted by Gasteiger charge is -2.32. The molecule has 0 radical (unpaired) electrons. The van der Waals surface area contributed by atoms with Crippen LogP contribution in [0.1, 0.15) is 13.3 Å². The van der Waals surface area contributed by atoms with Gasteiger partial charge in [-0.15, -0.1) is 0 Å². The van der Waals surface area contributed by atoms with E-state index in [1.54, 1.807) is 18.2 Å². The quantitative estimate of drug-likeness (QED) is 0.644. The van der Waals surface area contributed by atoms with Gasteiger partial charge >= 0.3 is 11.9 Å². The fraction of sp³-hybridized carbons (Fsp3) is 0.417. The van der Waals surface area contributed by atoms with Crippen LogP contribution in [0.3, 0.4) is 0 Å². The normalized spacial score (nSPS) is 13.6. The fourth-order valence-electron chi connectivity index (χ4n) is 1.79. The van der Waals surface area contributed by atoms with E-state index in [2.05, 4.69) is 4.98 Å². The van der Waals surface area contributed by atoms with E-state index in [9.17, 15) is 14.7 Å². The Kier molecular flexibility index (Phi) is 5.25. The van der Waals surface area contributed by atoms with E-state index < -0.39 is 24.0 Å². The Morgan fingerprint density at radius 2 is 2.05 bits per heavy atom. The predicted octanol–water partition coefficient (Wildman–Crippen LogP) is 0.163. The number of rotatable bonds is 7. The first kappa shape index (κ1) is 14.9. The van der Waals surface area contributed by atoms with Gasteiger partial charge in [-0.2, -0.15) is 0 Å². The Morgan fingerprint density at radius 1 is 1.37 bits per heavy atom. The molecule has 2 atom stereocenters. The molecule has 4 N–H and O–H groups in total. The molecule has 0 fully saturated rings. The summed E-state index contributed by atoms with van der Waals surface area (Å²) in [6.45, 7) is 1.57. The first-order chi connectivity index (χ1) is 8.99. The van der Waals surface area contributed by atoms with Crippen LogP contribution in [-0.2, 0) is 9.59 Å². The van der Waals surface area contributed by atoms with Gasteiger partial charge in [0, 0.05) is 6.20 Å². The van der Waals surface area contributed by atoms with Gasteiger partial charge in [0.25, 0.3) is 0 Å². The smallest absolute Gasteiger partial charge is 0.326 e. The van der Waals surface area contributed by atoms with E-state index >= 15 is 0 Å². The second-order valence-electron chi connectivity index (χ2n) is 4.04. The van der Waals surface area contributed by atoms with E-state index in [0.717, 1.165) is 0 Å². The zero-order chi connectivity index (χ0) is 14.4. The molecule has 0 aliphatic heterocycles. The first-order valence-electron chi connectivity index (χ1n) is 5.84. The SMILES string of the molecule is C[C@@H](C(=O)O)N(c1ccccn1)C(CCN)C(=O)O. The maximum atomic E-state index is 11.3. The van der Waals surface area contributed by atoms with Gasteiger partial charge in [0.15, 0.2) is 0 Å².